The Labute approximate surface area is 113 Å². The van der Waals surface area contributed by atoms with Gasteiger partial charge in [-0.25, -0.2) is 4.79 Å². The topological polar surface area (TPSA) is 78.9 Å². The van der Waals surface area contributed by atoms with Crippen LogP contribution in [0.25, 0.3) is 0 Å². The maximum absolute atomic E-state index is 12.1. The summed E-state index contributed by atoms with van der Waals surface area (Å²) < 4.78 is 5.14. The van der Waals surface area contributed by atoms with E-state index < -0.39 is 17.9 Å². The highest BCUT2D eigenvalue weighted by molar-refractivity contribution is 5.77. The third kappa shape index (κ3) is 3.37. The van der Waals surface area contributed by atoms with Crippen LogP contribution in [0.5, 0.6) is 0 Å². The molecule has 2 rings (SSSR count). The summed E-state index contributed by atoms with van der Waals surface area (Å²) in [5.41, 5.74) is 0. The Kier molecular flexibility index (Phi) is 4.63. The van der Waals surface area contributed by atoms with E-state index in [1.54, 1.807) is 4.90 Å². The van der Waals surface area contributed by atoms with Crippen molar-refractivity contribution in [3.05, 3.63) is 0 Å². The van der Waals surface area contributed by atoms with Gasteiger partial charge in [-0.05, 0) is 25.7 Å². The fourth-order valence-electron chi connectivity index (χ4n) is 2.53. The summed E-state index contributed by atoms with van der Waals surface area (Å²) in [5.74, 6) is -0.933. The number of hydrogen-bond donors (Lipinski definition) is 2. The molecule has 0 spiro atoms. The number of carbonyl (C=O) groups is 2. The summed E-state index contributed by atoms with van der Waals surface area (Å²) in [5, 5.41) is 11.8. The van der Waals surface area contributed by atoms with Crippen molar-refractivity contribution < 1.29 is 19.4 Å². The third-order valence-electron chi connectivity index (χ3n) is 4.08. The Balaban J connectivity index is 1.85. The third-order valence-corrected chi connectivity index (χ3v) is 4.08. The second kappa shape index (κ2) is 6.23. The van der Waals surface area contributed by atoms with E-state index in [0.717, 1.165) is 6.54 Å². The molecule has 1 saturated carbocycles. The molecular formula is C13H22N2O4. The lowest BCUT2D eigenvalue weighted by Crippen LogP contribution is -2.50. The van der Waals surface area contributed by atoms with Crippen LogP contribution in [0, 0.1) is 11.8 Å². The summed E-state index contributed by atoms with van der Waals surface area (Å²) in [6.45, 7) is 3.82. The maximum atomic E-state index is 12.1. The van der Waals surface area contributed by atoms with E-state index in [-0.39, 0.29) is 19.2 Å². The quantitative estimate of drug-likeness (QED) is 0.778. The van der Waals surface area contributed by atoms with Crippen molar-refractivity contribution in [3.8, 4) is 0 Å². The average Bonchev–Trinajstić information content (AvgIpc) is 2.75. The summed E-state index contributed by atoms with van der Waals surface area (Å²) in [6, 6.07) is -0.586. The molecular weight excluding hydrogens is 248 g/mol. The molecule has 6 nitrogen and oxygen atoms in total. The monoisotopic (exact) mass is 270 g/mol. The molecule has 2 amide bonds. The van der Waals surface area contributed by atoms with Gasteiger partial charge in [-0.1, -0.05) is 6.42 Å². The number of hydrogen-bond acceptors (Lipinski definition) is 3. The summed E-state index contributed by atoms with van der Waals surface area (Å²) in [7, 11) is 0. The number of ether oxygens (including phenoxy) is 1. The van der Waals surface area contributed by atoms with E-state index in [0.29, 0.717) is 12.5 Å². The van der Waals surface area contributed by atoms with Gasteiger partial charge in [-0.3, -0.25) is 4.79 Å². The Morgan fingerprint density at radius 3 is 2.63 bits per heavy atom. The second-order valence-electron chi connectivity index (χ2n) is 5.37. The lowest BCUT2D eigenvalue weighted by Gasteiger charge is -2.32. The number of carboxylic acid groups (broad SMARTS) is 1. The van der Waals surface area contributed by atoms with Crippen LogP contribution < -0.4 is 5.32 Å². The zero-order valence-corrected chi connectivity index (χ0v) is 11.3. The van der Waals surface area contributed by atoms with Gasteiger partial charge in [0.1, 0.15) is 5.92 Å². The predicted octanol–water partition coefficient (Wildman–Crippen LogP) is 0.918. The van der Waals surface area contributed by atoms with E-state index in [1.165, 1.54) is 19.3 Å². The number of rotatable bonds is 5. The van der Waals surface area contributed by atoms with Gasteiger partial charge in [0.25, 0.3) is 0 Å². The van der Waals surface area contributed by atoms with Crippen LogP contribution in [0.4, 0.5) is 4.79 Å². The summed E-state index contributed by atoms with van der Waals surface area (Å²) in [4.78, 5) is 24.9. The van der Waals surface area contributed by atoms with Gasteiger partial charge in [-0.2, -0.15) is 0 Å². The SMILES string of the molecule is CCN(CC1CCC1)C(=O)NC1COCC1C(=O)O. The van der Waals surface area contributed by atoms with E-state index >= 15 is 0 Å². The average molecular weight is 270 g/mol. The highest BCUT2D eigenvalue weighted by Gasteiger charge is 2.36. The predicted molar refractivity (Wildman–Crippen MR) is 68.9 cm³/mol. The molecule has 2 fully saturated rings. The molecule has 0 aromatic rings. The van der Waals surface area contributed by atoms with Gasteiger partial charge in [0, 0.05) is 13.1 Å². The Bertz CT molecular complexity index is 344. The van der Waals surface area contributed by atoms with E-state index in [9.17, 15) is 9.59 Å². The van der Waals surface area contributed by atoms with Crippen LogP contribution in [0.1, 0.15) is 26.2 Å². The first-order valence-electron chi connectivity index (χ1n) is 6.97. The number of amides is 2. The largest absolute Gasteiger partial charge is 0.481 e. The van der Waals surface area contributed by atoms with Crippen LogP contribution in [-0.2, 0) is 9.53 Å². The van der Waals surface area contributed by atoms with Gasteiger partial charge >= 0.3 is 12.0 Å². The molecule has 6 heteroatoms. The smallest absolute Gasteiger partial charge is 0.317 e. The molecule has 2 aliphatic rings. The van der Waals surface area contributed by atoms with Crippen LogP contribution >= 0.6 is 0 Å². The van der Waals surface area contributed by atoms with Crippen LogP contribution in [0.15, 0.2) is 0 Å². The maximum Gasteiger partial charge on any atom is 0.317 e. The minimum Gasteiger partial charge on any atom is -0.481 e. The highest BCUT2D eigenvalue weighted by atomic mass is 16.5. The molecule has 1 aliphatic carbocycles. The van der Waals surface area contributed by atoms with Gasteiger partial charge in [-0.15, -0.1) is 0 Å². The molecule has 0 aromatic heterocycles. The fourth-order valence-corrected chi connectivity index (χ4v) is 2.53. The van der Waals surface area contributed by atoms with E-state index in [2.05, 4.69) is 5.32 Å². The van der Waals surface area contributed by atoms with Gasteiger partial charge in [0.2, 0.25) is 0 Å². The summed E-state index contributed by atoms with van der Waals surface area (Å²) >= 11 is 0. The van der Waals surface area contributed by atoms with Crippen molar-refractivity contribution in [2.45, 2.75) is 32.2 Å². The molecule has 1 heterocycles. The molecule has 2 unspecified atom stereocenters. The first kappa shape index (κ1) is 14.1. The minimum absolute atomic E-state index is 0.170. The molecule has 0 bridgehead atoms. The van der Waals surface area contributed by atoms with Crippen molar-refractivity contribution in [2.75, 3.05) is 26.3 Å². The van der Waals surface area contributed by atoms with Crippen molar-refractivity contribution in [1.82, 2.24) is 10.2 Å². The fraction of sp³-hybridized carbons (Fsp3) is 0.846. The number of urea groups is 1. The molecule has 1 aliphatic heterocycles. The first-order chi connectivity index (χ1) is 9.11. The van der Waals surface area contributed by atoms with E-state index in [1.807, 2.05) is 6.92 Å². The second-order valence-corrected chi connectivity index (χ2v) is 5.37. The lowest BCUT2D eigenvalue weighted by molar-refractivity contribution is -0.142. The van der Waals surface area contributed by atoms with Crippen molar-refractivity contribution in [2.24, 2.45) is 11.8 Å². The van der Waals surface area contributed by atoms with Crippen molar-refractivity contribution in [1.29, 1.82) is 0 Å². The van der Waals surface area contributed by atoms with Crippen LogP contribution in [0.3, 0.4) is 0 Å². The minimum atomic E-state index is -0.912. The Hall–Kier alpha value is -1.30. The molecule has 19 heavy (non-hydrogen) atoms. The number of nitrogens with zero attached hydrogens (tertiary/aromatic N) is 1. The number of carboxylic acids is 1. The van der Waals surface area contributed by atoms with Crippen molar-refractivity contribution >= 4 is 12.0 Å². The zero-order chi connectivity index (χ0) is 13.8. The Morgan fingerprint density at radius 2 is 2.11 bits per heavy atom. The van der Waals surface area contributed by atoms with E-state index in [4.69, 9.17) is 9.84 Å². The molecule has 0 radical (unpaired) electrons. The standard InChI is InChI=1S/C13H22N2O4/c1-2-15(6-9-4-3-5-9)13(18)14-11-8-19-7-10(11)12(16)17/h9-11H,2-8H2,1H3,(H,14,18)(H,16,17). The molecule has 2 atom stereocenters. The van der Waals surface area contributed by atoms with Gasteiger partial charge in [0.15, 0.2) is 0 Å². The van der Waals surface area contributed by atoms with Crippen LogP contribution in [-0.4, -0.2) is 54.4 Å². The number of nitrogens with one attached hydrogen (secondary N) is 1. The lowest BCUT2D eigenvalue weighted by atomic mass is 9.85. The number of aliphatic carboxylic acids is 1. The molecule has 2 N–H and O–H groups in total. The van der Waals surface area contributed by atoms with Crippen molar-refractivity contribution in [3.63, 3.8) is 0 Å². The van der Waals surface area contributed by atoms with Crippen LogP contribution in [0.2, 0.25) is 0 Å². The molecule has 108 valence electrons. The normalized spacial score (nSPS) is 26.8. The zero-order valence-electron chi connectivity index (χ0n) is 11.3. The molecule has 1 saturated heterocycles. The Morgan fingerprint density at radius 1 is 1.37 bits per heavy atom. The van der Waals surface area contributed by atoms with Gasteiger partial charge in [0.05, 0.1) is 19.3 Å². The number of carbonyl (C=O) groups excluding carboxylic acids is 1. The summed E-state index contributed by atoms with van der Waals surface area (Å²) in [6.07, 6.45) is 3.63. The van der Waals surface area contributed by atoms with Gasteiger partial charge < -0.3 is 20.1 Å². The molecule has 0 aromatic carbocycles. The first-order valence-corrected chi connectivity index (χ1v) is 6.97. The highest BCUT2D eigenvalue weighted by Crippen LogP contribution is 2.27.